The van der Waals surface area contributed by atoms with Crippen LogP contribution in [0.4, 0.5) is 5.69 Å². The Balaban J connectivity index is 1.57. The summed E-state index contributed by atoms with van der Waals surface area (Å²) in [5.74, 6) is -0.672. The van der Waals surface area contributed by atoms with Crippen LogP contribution in [-0.2, 0) is 14.9 Å². The normalized spacial score (nSPS) is 11.6. The molecule has 1 amide bonds. The van der Waals surface area contributed by atoms with Crippen LogP contribution in [0.5, 0.6) is 5.75 Å². The van der Waals surface area contributed by atoms with E-state index in [2.05, 4.69) is 5.32 Å². The van der Waals surface area contributed by atoms with E-state index >= 15 is 0 Å². The molecule has 0 aromatic heterocycles. The maximum atomic E-state index is 12.8. The third-order valence-corrected chi connectivity index (χ3v) is 7.01. The third kappa shape index (κ3) is 5.64. The number of hydrogen-bond acceptors (Lipinski definition) is 5. The molecule has 4 aromatic rings. The fraction of sp³-hybridized carbons (Fsp3) is 0. The lowest BCUT2D eigenvalue weighted by molar-refractivity contribution is -0.112. The lowest BCUT2D eigenvalue weighted by atomic mass is 10.1. The standard InChI is InChI=1S/C26H16Cl2N2O4S/c27-23-9-4-10-24(25(23)28)30-26(31)20(16-29)13-17-5-3-8-21(14-17)34-35(32,33)22-12-11-18-6-1-2-7-19(18)15-22/h1-15H,(H,30,31)/b20-13+. The molecular formula is C26H16Cl2N2O4S. The van der Waals surface area contributed by atoms with Crippen molar-refractivity contribution in [3.05, 3.63) is 106 Å². The van der Waals surface area contributed by atoms with E-state index in [9.17, 15) is 18.5 Å². The monoisotopic (exact) mass is 522 g/mol. The van der Waals surface area contributed by atoms with E-state index in [1.807, 2.05) is 30.3 Å². The van der Waals surface area contributed by atoms with Gasteiger partial charge in [-0.3, -0.25) is 4.79 Å². The van der Waals surface area contributed by atoms with Gasteiger partial charge in [-0.2, -0.15) is 13.7 Å². The van der Waals surface area contributed by atoms with E-state index < -0.39 is 16.0 Å². The first kappa shape index (κ1) is 24.3. The summed E-state index contributed by atoms with van der Waals surface area (Å²) in [7, 11) is -4.11. The second-order valence-electron chi connectivity index (χ2n) is 7.34. The van der Waals surface area contributed by atoms with Crippen LogP contribution in [0, 0.1) is 11.3 Å². The van der Waals surface area contributed by atoms with Gasteiger partial charge in [-0.15, -0.1) is 0 Å². The first-order valence-corrected chi connectivity index (χ1v) is 12.3. The Morgan fingerprint density at radius 3 is 2.43 bits per heavy atom. The number of anilines is 1. The van der Waals surface area contributed by atoms with E-state index in [-0.39, 0.29) is 32.0 Å². The summed E-state index contributed by atoms with van der Waals surface area (Å²) >= 11 is 12.0. The van der Waals surface area contributed by atoms with E-state index in [4.69, 9.17) is 27.4 Å². The number of nitrogens with zero attached hydrogens (tertiary/aromatic N) is 1. The number of amides is 1. The van der Waals surface area contributed by atoms with Crippen molar-refractivity contribution in [1.82, 2.24) is 0 Å². The summed E-state index contributed by atoms with van der Waals surface area (Å²) in [5.41, 5.74) is 0.416. The zero-order valence-electron chi connectivity index (χ0n) is 17.9. The van der Waals surface area contributed by atoms with Gasteiger partial charge >= 0.3 is 10.1 Å². The molecule has 4 aromatic carbocycles. The molecule has 1 N–H and O–H groups in total. The predicted molar refractivity (Wildman–Crippen MR) is 137 cm³/mol. The van der Waals surface area contributed by atoms with Crippen molar-refractivity contribution in [1.29, 1.82) is 5.26 Å². The summed E-state index contributed by atoms with van der Waals surface area (Å²) in [6.45, 7) is 0. The van der Waals surface area contributed by atoms with Crippen LogP contribution in [0.1, 0.15) is 5.56 Å². The summed E-state index contributed by atoms with van der Waals surface area (Å²) in [6, 6.07) is 24.7. The van der Waals surface area contributed by atoms with Gasteiger partial charge in [-0.1, -0.05) is 71.7 Å². The minimum absolute atomic E-state index is 0.00707. The van der Waals surface area contributed by atoms with Crippen LogP contribution in [0.15, 0.2) is 95.4 Å². The fourth-order valence-corrected chi connectivity index (χ4v) is 4.57. The van der Waals surface area contributed by atoms with E-state index in [0.717, 1.165) is 10.8 Å². The molecule has 0 aliphatic rings. The van der Waals surface area contributed by atoms with Crippen molar-refractivity contribution in [2.24, 2.45) is 0 Å². The first-order chi connectivity index (χ1) is 16.8. The smallest absolute Gasteiger partial charge is 0.339 e. The Kier molecular flexibility index (Phi) is 7.08. The maximum Gasteiger partial charge on any atom is 0.339 e. The molecule has 0 bridgehead atoms. The number of hydrogen-bond donors (Lipinski definition) is 1. The first-order valence-electron chi connectivity index (χ1n) is 10.2. The molecule has 0 radical (unpaired) electrons. The number of fused-ring (bicyclic) bond motifs is 1. The van der Waals surface area contributed by atoms with Gasteiger partial charge in [-0.25, -0.2) is 0 Å². The van der Waals surface area contributed by atoms with Gasteiger partial charge in [0.15, 0.2) is 0 Å². The molecule has 0 heterocycles. The van der Waals surface area contributed by atoms with Gasteiger partial charge in [0, 0.05) is 0 Å². The molecule has 0 unspecified atom stereocenters. The molecule has 0 spiro atoms. The van der Waals surface area contributed by atoms with Crippen molar-refractivity contribution >= 4 is 61.8 Å². The van der Waals surface area contributed by atoms with Gasteiger partial charge in [0.25, 0.3) is 5.91 Å². The number of nitrogens with one attached hydrogen (secondary N) is 1. The van der Waals surface area contributed by atoms with Crippen LogP contribution in [0.3, 0.4) is 0 Å². The second-order valence-corrected chi connectivity index (χ2v) is 9.68. The minimum atomic E-state index is -4.11. The number of rotatable bonds is 6. The van der Waals surface area contributed by atoms with Crippen molar-refractivity contribution in [2.45, 2.75) is 4.90 Å². The topological polar surface area (TPSA) is 96.3 Å². The highest BCUT2D eigenvalue weighted by Gasteiger charge is 2.18. The molecular weight excluding hydrogens is 507 g/mol. The van der Waals surface area contributed by atoms with Crippen LogP contribution in [-0.4, -0.2) is 14.3 Å². The van der Waals surface area contributed by atoms with Crippen LogP contribution >= 0.6 is 23.2 Å². The van der Waals surface area contributed by atoms with Crippen molar-refractivity contribution < 1.29 is 17.4 Å². The van der Waals surface area contributed by atoms with E-state index in [1.165, 1.54) is 30.3 Å². The molecule has 4 rings (SSSR count). The van der Waals surface area contributed by atoms with Gasteiger partial charge < -0.3 is 9.50 Å². The molecule has 9 heteroatoms. The van der Waals surface area contributed by atoms with Crippen molar-refractivity contribution in [3.63, 3.8) is 0 Å². The van der Waals surface area contributed by atoms with Gasteiger partial charge in [-0.05, 0) is 58.8 Å². The summed E-state index contributed by atoms with van der Waals surface area (Å²) < 4.78 is 31.0. The Labute approximate surface area is 212 Å². The van der Waals surface area contributed by atoms with Gasteiger partial charge in [0.05, 0.1) is 15.7 Å². The average molecular weight is 523 g/mol. The molecule has 0 saturated heterocycles. The van der Waals surface area contributed by atoms with Crippen molar-refractivity contribution in [3.8, 4) is 11.8 Å². The quantitative estimate of drug-likeness (QED) is 0.178. The highest BCUT2D eigenvalue weighted by atomic mass is 35.5. The summed E-state index contributed by atoms with van der Waals surface area (Å²) in [4.78, 5) is 12.6. The molecule has 0 fully saturated rings. The molecule has 174 valence electrons. The molecule has 0 atom stereocenters. The average Bonchev–Trinajstić information content (AvgIpc) is 2.85. The maximum absolute atomic E-state index is 12.8. The summed E-state index contributed by atoms with van der Waals surface area (Å²) in [5, 5.41) is 14.1. The van der Waals surface area contributed by atoms with Crippen molar-refractivity contribution in [2.75, 3.05) is 5.32 Å². The highest BCUT2D eigenvalue weighted by molar-refractivity contribution is 7.87. The minimum Gasteiger partial charge on any atom is -0.379 e. The molecule has 0 aliphatic heterocycles. The molecule has 0 aliphatic carbocycles. The Morgan fingerprint density at radius 1 is 0.914 bits per heavy atom. The highest BCUT2D eigenvalue weighted by Crippen LogP contribution is 2.30. The van der Waals surface area contributed by atoms with Crippen LogP contribution in [0.2, 0.25) is 10.0 Å². The lowest BCUT2D eigenvalue weighted by Crippen LogP contribution is -2.13. The van der Waals surface area contributed by atoms with Gasteiger partial charge in [0.1, 0.15) is 22.3 Å². The Hall–Kier alpha value is -3.83. The number of carbonyl (C=O) groups excluding carboxylic acids is 1. The Morgan fingerprint density at radius 2 is 1.66 bits per heavy atom. The van der Waals surface area contributed by atoms with E-state index in [1.54, 1.807) is 36.4 Å². The second kappa shape index (κ2) is 10.2. The van der Waals surface area contributed by atoms with Crippen LogP contribution < -0.4 is 9.50 Å². The summed E-state index contributed by atoms with van der Waals surface area (Å²) in [6.07, 6.45) is 1.31. The van der Waals surface area contributed by atoms with E-state index in [0.29, 0.717) is 5.56 Å². The number of nitriles is 1. The van der Waals surface area contributed by atoms with Crippen LogP contribution in [0.25, 0.3) is 16.8 Å². The fourth-order valence-electron chi connectivity index (χ4n) is 3.26. The molecule has 35 heavy (non-hydrogen) atoms. The zero-order chi connectivity index (χ0) is 25.0. The molecule has 0 saturated carbocycles. The predicted octanol–water partition coefficient (Wildman–Crippen LogP) is 6.46. The zero-order valence-corrected chi connectivity index (χ0v) is 20.2. The number of benzene rings is 4. The Bertz CT molecular complexity index is 1630. The SMILES string of the molecule is N#C/C(=C\c1cccc(OS(=O)(=O)c2ccc3ccccc3c2)c1)C(=O)Nc1cccc(Cl)c1Cl. The number of halogens is 2. The van der Waals surface area contributed by atoms with Gasteiger partial charge in [0.2, 0.25) is 0 Å². The third-order valence-electron chi connectivity index (χ3n) is 4.95. The largest absolute Gasteiger partial charge is 0.379 e. The molecule has 6 nitrogen and oxygen atoms in total. The number of carbonyl (C=O) groups is 1. The lowest BCUT2D eigenvalue weighted by Gasteiger charge is -2.09.